The molecule has 0 atom stereocenters. The van der Waals surface area contributed by atoms with E-state index < -0.39 is 0 Å². The van der Waals surface area contributed by atoms with E-state index in [0.717, 1.165) is 77.9 Å². The maximum atomic E-state index is 13.2. The minimum Gasteiger partial charge on any atom is -0.495 e. The van der Waals surface area contributed by atoms with E-state index >= 15 is 0 Å². The molecule has 0 aromatic heterocycles. The van der Waals surface area contributed by atoms with Crippen molar-refractivity contribution in [2.24, 2.45) is 0 Å². The largest absolute Gasteiger partial charge is 0.495 e. The van der Waals surface area contributed by atoms with Crippen molar-refractivity contribution in [2.45, 2.75) is 53.9 Å². The molecule has 7 heteroatoms. The van der Waals surface area contributed by atoms with Gasteiger partial charge in [-0.15, -0.1) is 0 Å². The summed E-state index contributed by atoms with van der Waals surface area (Å²) >= 11 is 1.53. The quantitative estimate of drug-likeness (QED) is 0.0890. The van der Waals surface area contributed by atoms with Gasteiger partial charge < -0.3 is 24.0 Å². The molecular formula is C31H45N3O3S. The third-order valence-electron chi connectivity index (χ3n) is 6.63. The Balaban J connectivity index is 2.00. The van der Waals surface area contributed by atoms with E-state index in [1.165, 1.54) is 11.9 Å². The molecule has 1 amide bonds. The number of amides is 1. The third-order valence-corrected chi connectivity index (χ3v) is 7.62. The van der Waals surface area contributed by atoms with Crippen LogP contribution in [0.25, 0.3) is 0 Å². The van der Waals surface area contributed by atoms with Gasteiger partial charge in [-0.2, -0.15) is 0 Å². The van der Waals surface area contributed by atoms with Crippen molar-refractivity contribution in [2.75, 3.05) is 44.6 Å². The molecule has 1 aliphatic heterocycles. The minimum absolute atomic E-state index is 0.0240. The lowest BCUT2D eigenvalue weighted by Crippen LogP contribution is -2.48. The number of anilines is 1. The standard InChI is InChI=1S/C31H45N3O3S/c1-9-13-21-37-30-16-15-27(24(6)25(30)7)32-38-26(11-3)22-23(5)31(35)34-19-17-33(18-20-34)28(14-10-2)29(12-4)36-8/h10,12,14-16,22,32H,4-5,9,11,13,17-21H2,1-3,6-8H3/b14-10-,26-22+,29-28-. The van der Waals surface area contributed by atoms with Crippen molar-refractivity contribution in [3.63, 3.8) is 0 Å². The van der Waals surface area contributed by atoms with Gasteiger partial charge in [0.05, 0.1) is 19.4 Å². The Morgan fingerprint density at radius 1 is 1.13 bits per heavy atom. The average molecular weight is 540 g/mol. The summed E-state index contributed by atoms with van der Waals surface area (Å²) in [6.45, 7) is 21.8. The zero-order valence-corrected chi connectivity index (χ0v) is 24.9. The minimum atomic E-state index is -0.0240. The Morgan fingerprint density at radius 3 is 2.39 bits per heavy atom. The second-order valence-corrected chi connectivity index (χ2v) is 10.1. The topological polar surface area (TPSA) is 54.0 Å². The van der Waals surface area contributed by atoms with Crippen LogP contribution in [0.3, 0.4) is 0 Å². The van der Waals surface area contributed by atoms with Crippen LogP contribution in [-0.4, -0.2) is 55.6 Å². The zero-order valence-electron chi connectivity index (χ0n) is 24.1. The lowest BCUT2D eigenvalue weighted by Gasteiger charge is -2.37. The molecule has 1 aliphatic rings. The van der Waals surface area contributed by atoms with Crippen molar-refractivity contribution >= 4 is 23.5 Å². The predicted molar refractivity (Wildman–Crippen MR) is 162 cm³/mol. The fourth-order valence-corrected chi connectivity index (χ4v) is 4.92. The highest BCUT2D eigenvalue weighted by molar-refractivity contribution is 8.04. The summed E-state index contributed by atoms with van der Waals surface area (Å²) in [4.78, 5) is 18.3. The van der Waals surface area contributed by atoms with Crippen molar-refractivity contribution in [3.05, 3.63) is 82.7 Å². The van der Waals surface area contributed by atoms with Crippen LogP contribution in [0.5, 0.6) is 5.75 Å². The molecule has 6 nitrogen and oxygen atoms in total. The van der Waals surface area contributed by atoms with Crippen molar-refractivity contribution in [3.8, 4) is 5.75 Å². The molecule has 0 spiro atoms. The number of nitrogens with one attached hydrogen (secondary N) is 1. The van der Waals surface area contributed by atoms with Gasteiger partial charge in [0, 0.05) is 42.3 Å². The number of allylic oxidation sites excluding steroid dienone is 4. The van der Waals surface area contributed by atoms with E-state index in [2.05, 4.69) is 56.5 Å². The van der Waals surface area contributed by atoms with Crippen molar-refractivity contribution < 1.29 is 14.3 Å². The number of carbonyl (C=O) groups excluding carboxylic acids is 1. The second kappa shape index (κ2) is 16.0. The molecule has 1 heterocycles. The Kier molecular flexibility index (Phi) is 13.1. The van der Waals surface area contributed by atoms with E-state index in [4.69, 9.17) is 9.47 Å². The molecule has 0 aliphatic carbocycles. The maximum absolute atomic E-state index is 13.2. The van der Waals surface area contributed by atoms with Crippen LogP contribution >= 0.6 is 11.9 Å². The van der Waals surface area contributed by atoms with Gasteiger partial charge in [-0.1, -0.05) is 39.5 Å². The lowest BCUT2D eigenvalue weighted by molar-refractivity contribution is -0.128. The molecule has 38 heavy (non-hydrogen) atoms. The van der Waals surface area contributed by atoms with E-state index in [9.17, 15) is 4.79 Å². The summed E-state index contributed by atoms with van der Waals surface area (Å²) < 4.78 is 14.9. The molecule has 1 saturated heterocycles. The number of hydrogen-bond acceptors (Lipinski definition) is 6. The van der Waals surface area contributed by atoms with Gasteiger partial charge in [0.2, 0.25) is 0 Å². The molecule has 1 fully saturated rings. The SMILES string of the molecule is C=C/C(OC)=C(\C=C/C)N1CCN(C(=O)C(=C)/C=C(\CC)SNc2ccc(OCCCC)c(C)c2C)CC1. The molecule has 1 N–H and O–H groups in total. The molecule has 2 rings (SSSR count). The first-order valence-electron chi connectivity index (χ1n) is 13.4. The number of unbranched alkanes of at least 4 members (excludes halogenated alkanes) is 1. The molecular weight excluding hydrogens is 494 g/mol. The number of ether oxygens (including phenoxy) is 2. The van der Waals surface area contributed by atoms with Crippen LogP contribution in [0.4, 0.5) is 5.69 Å². The third kappa shape index (κ3) is 8.48. The number of nitrogens with zero attached hydrogens (tertiary/aromatic N) is 2. The highest BCUT2D eigenvalue weighted by Gasteiger charge is 2.24. The Morgan fingerprint density at radius 2 is 1.82 bits per heavy atom. The second-order valence-electron chi connectivity index (χ2n) is 9.19. The van der Waals surface area contributed by atoms with Gasteiger partial charge in [0.25, 0.3) is 5.91 Å². The highest BCUT2D eigenvalue weighted by Crippen LogP contribution is 2.31. The van der Waals surface area contributed by atoms with E-state index in [1.807, 2.05) is 36.1 Å². The first kappa shape index (κ1) is 31.2. The normalized spacial score (nSPS) is 14.8. The Hall–Kier alpha value is -3.06. The monoisotopic (exact) mass is 539 g/mol. The molecule has 208 valence electrons. The van der Waals surface area contributed by atoms with Gasteiger partial charge in [-0.25, -0.2) is 0 Å². The molecule has 1 aromatic carbocycles. The highest BCUT2D eigenvalue weighted by atomic mass is 32.2. The van der Waals surface area contributed by atoms with Crippen LogP contribution in [0, 0.1) is 13.8 Å². The van der Waals surface area contributed by atoms with E-state index in [0.29, 0.717) is 18.7 Å². The fraction of sp³-hybridized carbons (Fsp3) is 0.452. The Labute approximate surface area is 234 Å². The first-order valence-corrected chi connectivity index (χ1v) is 14.3. The van der Waals surface area contributed by atoms with Gasteiger partial charge >= 0.3 is 0 Å². The number of benzene rings is 1. The Bertz CT molecular complexity index is 1070. The number of methoxy groups -OCH3 is 1. The lowest BCUT2D eigenvalue weighted by atomic mass is 10.1. The molecule has 0 radical (unpaired) electrons. The van der Waals surface area contributed by atoms with E-state index in [1.54, 1.807) is 13.2 Å². The summed E-state index contributed by atoms with van der Waals surface area (Å²) in [5.74, 6) is 1.65. The fourth-order valence-electron chi connectivity index (χ4n) is 4.12. The number of carbonyl (C=O) groups is 1. The summed E-state index contributed by atoms with van der Waals surface area (Å²) in [6.07, 6.45) is 10.6. The maximum Gasteiger partial charge on any atom is 0.253 e. The molecule has 0 unspecified atom stereocenters. The van der Waals surface area contributed by atoms with Crippen LogP contribution in [0.2, 0.25) is 0 Å². The molecule has 1 aromatic rings. The smallest absolute Gasteiger partial charge is 0.253 e. The molecule has 0 bridgehead atoms. The van der Waals surface area contributed by atoms with Crippen molar-refractivity contribution in [1.82, 2.24) is 9.80 Å². The van der Waals surface area contributed by atoms with Gasteiger partial charge in [-0.3, -0.25) is 4.79 Å². The van der Waals surface area contributed by atoms with Crippen LogP contribution < -0.4 is 9.46 Å². The predicted octanol–water partition coefficient (Wildman–Crippen LogP) is 7.16. The number of piperazine rings is 1. The van der Waals surface area contributed by atoms with E-state index in [-0.39, 0.29) is 5.91 Å². The summed E-state index contributed by atoms with van der Waals surface area (Å²) in [5, 5.41) is 0. The van der Waals surface area contributed by atoms with Crippen LogP contribution in [0.1, 0.15) is 51.2 Å². The van der Waals surface area contributed by atoms with Crippen molar-refractivity contribution in [1.29, 1.82) is 0 Å². The number of rotatable bonds is 14. The summed E-state index contributed by atoms with van der Waals surface area (Å²) in [7, 11) is 1.65. The first-order chi connectivity index (χ1) is 18.3. The zero-order chi connectivity index (χ0) is 28.1. The molecule has 0 saturated carbocycles. The number of hydrogen-bond donors (Lipinski definition) is 1. The summed E-state index contributed by atoms with van der Waals surface area (Å²) in [5.41, 5.74) is 4.84. The van der Waals surface area contributed by atoms with Gasteiger partial charge in [0.1, 0.15) is 11.5 Å². The van der Waals surface area contributed by atoms with Gasteiger partial charge in [-0.05, 0) is 87.0 Å². The average Bonchev–Trinajstić information content (AvgIpc) is 2.93. The van der Waals surface area contributed by atoms with Crippen LogP contribution in [0.15, 0.2) is 71.5 Å². The van der Waals surface area contributed by atoms with Gasteiger partial charge in [0.15, 0.2) is 0 Å². The van der Waals surface area contributed by atoms with Crippen LogP contribution in [-0.2, 0) is 9.53 Å². The summed E-state index contributed by atoms with van der Waals surface area (Å²) in [6, 6.07) is 4.08.